The summed E-state index contributed by atoms with van der Waals surface area (Å²) in [5.74, 6) is 0.584. The second-order valence-corrected chi connectivity index (χ2v) is 4.65. The van der Waals surface area contributed by atoms with Crippen molar-refractivity contribution in [3.63, 3.8) is 0 Å². The maximum Gasteiger partial charge on any atom is 0.308 e. The molecule has 2 aliphatic carbocycles. The van der Waals surface area contributed by atoms with Gasteiger partial charge in [-0.3, -0.25) is 9.59 Å². The zero-order chi connectivity index (χ0) is 10.8. The first-order valence-corrected chi connectivity index (χ1v) is 5.92. The average molecular weight is 210 g/mol. The number of hydrogen-bond acceptors (Lipinski definition) is 3. The zero-order valence-corrected chi connectivity index (χ0v) is 9.20. The van der Waals surface area contributed by atoms with E-state index in [2.05, 4.69) is 0 Å². The topological polar surface area (TPSA) is 43.4 Å². The molecule has 0 radical (unpaired) electrons. The van der Waals surface area contributed by atoms with Crippen LogP contribution in [0.5, 0.6) is 0 Å². The Balaban J connectivity index is 2.01. The molecule has 2 saturated carbocycles. The molecule has 0 spiro atoms. The second-order valence-electron chi connectivity index (χ2n) is 4.65. The molecule has 0 aromatic rings. The normalized spacial score (nSPS) is 35.0. The summed E-state index contributed by atoms with van der Waals surface area (Å²) in [5, 5.41) is 0. The molecule has 0 aromatic heterocycles. The third-order valence-corrected chi connectivity index (χ3v) is 3.67. The monoisotopic (exact) mass is 210 g/mol. The number of rotatable bonds is 2. The quantitative estimate of drug-likeness (QED) is 0.654. The molecular formula is C12H18O3. The van der Waals surface area contributed by atoms with E-state index in [0.717, 1.165) is 32.1 Å². The van der Waals surface area contributed by atoms with Gasteiger partial charge in [-0.15, -0.1) is 0 Å². The van der Waals surface area contributed by atoms with Crippen molar-refractivity contribution in [1.82, 2.24) is 0 Å². The van der Waals surface area contributed by atoms with E-state index in [9.17, 15) is 9.59 Å². The van der Waals surface area contributed by atoms with Gasteiger partial charge in [-0.1, -0.05) is 6.42 Å². The molecule has 2 unspecified atom stereocenters. The number of ether oxygens (including phenoxy) is 1. The van der Waals surface area contributed by atoms with Crippen LogP contribution in [0.1, 0.15) is 39.0 Å². The van der Waals surface area contributed by atoms with Crippen molar-refractivity contribution in [2.24, 2.45) is 17.8 Å². The maximum atomic E-state index is 11.8. The van der Waals surface area contributed by atoms with Gasteiger partial charge in [0.2, 0.25) is 0 Å². The molecular weight excluding hydrogens is 192 g/mol. The highest BCUT2D eigenvalue weighted by molar-refractivity contribution is 5.87. The van der Waals surface area contributed by atoms with Crippen LogP contribution in [-0.4, -0.2) is 18.4 Å². The minimum absolute atomic E-state index is 0.0158. The van der Waals surface area contributed by atoms with E-state index in [1.807, 2.05) is 6.92 Å². The van der Waals surface area contributed by atoms with Gasteiger partial charge in [0.25, 0.3) is 0 Å². The van der Waals surface area contributed by atoms with E-state index in [1.165, 1.54) is 0 Å². The number of Topliss-reactive ketones (excluding diaryl/α,β-unsaturated/α-hetero) is 1. The molecule has 0 aliphatic heterocycles. The van der Waals surface area contributed by atoms with Crippen LogP contribution in [0, 0.1) is 17.8 Å². The second kappa shape index (κ2) is 4.33. The zero-order valence-electron chi connectivity index (χ0n) is 9.20. The fourth-order valence-corrected chi connectivity index (χ4v) is 2.93. The lowest BCUT2D eigenvalue weighted by Gasteiger charge is -2.36. The van der Waals surface area contributed by atoms with Crippen molar-refractivity contribution in [2.45, 2.75) is 39.0 Å². The predicted octanol–water partition coefficient (Wildman–Crippen LogP) is 1.94. The molecule has 3 heteroatoms. The van der Waals surface area contributed by atoms with Crippen LogP contribution in [-0.2, 0) is 14.3 Å². The molecule has 0 aromatic carbocycles. The van der Waals surface area contributed by atoms with Gasteiger partial charge in [-0.25, -0.2) is 0 Å². The molecule has 0 amide bonds. The van der Waals surface area contributed by atoms with Gasteiger partial charge in [0.1, 0.15) is 5.78 Å². The molecule has 2 aliphatic rings. The summed E-state index contributed by atoms with van der Waals surface area (Å²) in [5.41, 5.74) is 0. The summed E-state index contributed by atoms with van der Waals surface area (Å²) < 4.78 is 5.03. The molecule has 2 rings (SSSR count). The molecule has 0 N–H and O–H groups in total. The van der Waals surface area contributed by atoms with E-state index in [1.54, 1.807) is 0 Å². The molecule has 2 atom stereocenters. The number of carbonyl (C=O) groups excluding carboxylic acids is 2. The van der Waals surface area contributed by atoms with E-state index in [4.69, 9.17) is 4.74 Å². The Bertz CT molecular complexity index is 256. The number of carbonyl (C=O) groups is 2. The molecule has 84 valence electrons. The Labute approximate surface area is 90.2 Å². The fourth-order valence-electron chi connectivity index (χ4n) is 2.93. The lowest BCUT2D eigenvalue weighted by Crippen LogP contribution is -2.39. The average Bonchev–Trinajstić information content (AvgIpc) is 2.17. The Kier molecular flexibility index (Phi) is 3.08. The highest BCUT2D eigenvalue weighted by atomic mass is 16.5. The summed E-state index contributed by atoms with van der Waals surface area (Å²) >= 11 is 0. The number of fused-ring (bicyclic) bond motifs is 2. The molecule has 0 saturated heterocycles. The standard InChI is InChI=1S/C12H18O3/c1-2-15-12(14)10-6-8-4-3-5-9(7-10)11(8)13/h8-10H,2-7H2,1H3. The van der Waals surface area contributed by atoms with Crippen LogP contribution < -0.4 is 0 Å². The largest absolute Gasteiger partial charge is 0.466 e. The summed E-state index contributed by atoms with van der Waals surface area (Å²) in [6.45, 7) is 2.27. The van der Waals surface area contributed by atoms with Crippen molar-refractivity contribution >= 4 is 11.8 Å². The van der Waals surface area contributed by atoms with Crippen LogP contribution in [0.25, 0.3) is 0 Å². The Hall–Kier alpha value is -0.860. The lowest BCUT2D eigenvalue weighted by molar-refractivity contribution is -0.153. The van der Waals surface area contributed by atoms with Gasteiger partial charge < -0.3 is 4.74 Å². The third-order valence-electron chi connectivity index (χ3n) is 3.67. The Morgan fingerprint density at radius 2 is 1.93 bits per heavy atom. The minimum Gasteiger partial charge on any atom is -0.466 e. The molecule has 2 fully saturated rings. The lowest BCUT2D eigenvalue weighted by atomic mass is 9.67. The van der Waals surface area contributed by atoms with Gasteiger partial charge in [0, 0.05) is 11.8 Å². The Morgan fingerprint density at radius 1 is 1.33 bits per heavy atom. The molecule has 2 bridgehead atoms. The van der Waals surface area contributed by atoms with Crippen LogP contribution >= 0.6 is 0 Å². The smallest absolute Gasteiger partial charge is 0.308 e. The van der Waals surface area contributed by atoms with Gasteiger partial charge in [0.05, 0.1) is 12.5 Å². The summed E-state index contributed by atoms with van der Waals surface area (Å²) in [4.78, 5) is 23.4. The van der Waals surface area contributed by atoms with Gasteiger partial charge in [-0.2, -0.15) is 0 Å². The third kappa shape index (κ3) is 2.06. The number of esters is 1. The van der Waals surface area contributed by atoms with E-state index < -0.39 is 0 Å². The fraction of sp³-hybridized carbons (Fsp3) is 0.833. The van der Waals surface area contributed by atoms with Crippen LogP contribution in [0.2, 0.25) is 0 Å². The van der Waals surface area contributed by atoms with Crippen molar-refractivity contribution < 1.29 is 14.3 Å². The van der Waals surface area contributed by atoms with Crippen molar-refractivity contribution in [3.8, 4) is 0 Å². The SMILES string of the molecule is CCOC(=O)C1CC2CCCC(C1)C2=O. The van der Waals surface area contributed by atoms with E-state index in [0.29, 0.717) is 12.4 Å². The maximum absolute atomic E-state index is 11.8. The van der Waals surface area contributed by atoms with E-state index in [-0.39, 0.29) is 23.7 Å². The van der Waals surface area contributed by atoms with Crippen molar-refractivity contribution in [3.05, 3.63) is 0 Å². The molecule has 0 heterocycles. The van der Waals surface area contributed by atoms with Crippen LogP contribution in [0.15, 0.2) is 0 Å². The first-order chi connectivity index (χ1) is 7.22. The van der Waals surface area contributed by atoms with E-state index >= 15 is 0 Å². The first-order valence-electron chi connectivity index (χ1n) is 5.92. The minimum atomic E-state index is -0.0955. The number of ketones is 1. The summed E-state index contributed by atoms with van der Waals surface area (Å²) in [6, 6.07) is 0. The summed E-state index contributed by atoms with van der Waals surface area (Å²) in [7, 11) is 0. The molecule has 15 heavy (non-hydrogen) atoms. The van der Waals surface area contributed by atoms with Gasteiger partial charge >= 0.3 is 5.97 Å². The predicted molar refractivity (Wildman–Crippen MR) is 55.2 cm³/mol. The van der Waals surface area contributed by atoms with Crippen molar-refractivity contribution in [1.29, 1.82) is 0 Å². The highest BCUT2D eigenvalue weighted by Crippen LogP contribution is 2.40. The van der Waals surface area contributed by atoms with Crippen LogP contribution in [0.4, 0.5) is 0 Å². The molecule has 3 nitrogen and oxygen atoms in total. The van der Waals surface area contributed by atoms with Gasteiger partial charge in [-0.05, 0) is 32.6 Å². The summed E-state index contributed by atoms with van der Waals surface area (Å²) in [6.07, 6.45) is 4.56. The highest BCUT2D eigenvalue weighted by Gasteiger charge is 2.41. The van der Waals surface area contributed by atoms with Gasteiger partial charge in [0.15, 0.2) is 0 Å². The van der Waals surface area contributed by atoms with Crippen molar-refractivity contribution in [2.75, 3.05) is 6.61 Å². The first kappa shape index (κ1) is 10.7. The Morgan fingerprint density at radius 3 is 2.47 bits per heavy atom. The number of hydrogen-bond donors (Lipinski definition) is 0. The van der Waals surface area contributed by atoms with Crippen LogP contribution in [0.3, 0.4) is 0 Å².